The maximum Gasteiger partial charge on any atom is 0.223 e. The molecule has 4 rings (SSSR count). The van der Waals surface area contributed by atoms with Gasteiger partial charge in [0.2, 0.25) is 5.91 Å². The predicted octanol–water partition coefficient (Wildman–Crippen LogP) is 3.03. The van der Waals surface area contributed by atoms with Gasteiger partial charge in [-0.2, -0.15) is 0 Å². The molecule has 4 fully saturated rings. The monoisotopic (exact) mass is 304 g/mol. The van der Waals surface area contributed by atoms with Gasteiger partial charge >= 0.3 is 0 Å². The lowest BCUT2D eigenvalue weighted by atomic mass is 9.25. The first-order chi connectivity index (χ1) is 10.4. The molecule has 3 heterocycles. The molecule has 0 radical (unpaired) electrons. The van der Waals surface area contributed by atoms with E-state index in [1.165, 1.54) is 45.8 Å². The summed E-state index contributed by atoms with van der Waals surface area (Å²) in [6.07, 6.45) is 10.5. The smallest absolute Gasteiger partial charge is 0.223 e. The number of piperidine rings is 1. The van der Waals surface area contributed by atoms with Crippen molar-refractivity contribution in [3.63, 3.8) is 0 Å². The fourth-order valence-corrected chi connectivity index (χ4v) is 5.89. The Bertz CT molecular complexity index is 431. The van der Waals surface area contributed by atoms with Gasteiger partial charge in [0.05, 0.1) is 0 Å². The lowest BCUT2D eigenvalue weighted by Gasteiger charge is -2.57. The first-order valence-corrected chi connectivity index (χ1v) is 9.48. The van der Waals surface area contributed by atoms with Gasteiger partial charge in [0.15, 0.2) is 7.28 Å². The van der Waals surface area contributed by atoms with E-state index in [0.717, 1.165) is 19.3 Å². The summed E-state index contributed by atoms with van der Waals surface area (Å²) >= 11 is 0. The molecule has 3 nitrogen and oxygen atoms in total. The van der Waals surface area contributed by atoms with E-state index in [1.807, 2.05) is 0 Å². The van der Waals surface area contributed by atoms with E-state index in [0.29, 0.717) is 29.2 Å². The Kier molecular flexibility index (Phi) is 4.35. The number of carbonyl (C=O) groups excluding carboxylic acids is 1. The molecule has 1 aliphatic carbocycles. The topological polar surface area (TPSA) is 46.3 Å². The molecule has 4 unspecified atom stereocenters. The average molecular weight is 304 g/mol. The highest BCUT2D eigenvalue weighted by molar-refractivity contribution is 6.48. The zero-order valence-corrected chi connectivity index (χ0v) is 14.7. The van der Waals surface area contributed by atoms with Gasteiger partial charge in [0.25, 0.3) is 0 Å². The van der Waals surface area contributed by atoms with Gasteiger partial charge in [0, 0.05) is 18.5 Å². The lowest BCUT2D eigenvalue weighted by molar-refractivity contribution is -0.142. The fourth-order valence-electron chi connectivity index (χ4n) is 5.89. The van der Waals surface area contributed by atoms with Crippen molar-refractivity contribution in [2.24, 2.45) is 11.7 Å². The Morgan fingerprint density at radius 3 is 2.73 bits per heavy atom. The SMILES string of the molecule is CCC12BC(N)(CC3CCC(=O)N(C(C)C)C3CCCC1)C2. The van der Waals surface area contributed by atoms with Gasteiger partial charge in [-0.1, -0.05) is 37.9 Å². The average Bonchev–Trinajstić information content (AvgIpc) is 2.43. The largest absolute Gasteiger partial charge is 0.337 e. The lowest BCUT2D eigenvalue weighted by Crippen LogP contribution is -2.65. The van der Waals surface area contributed by atoms with Crippen LogP contribution in [0.25, 0.3) is 0 Å². The van der Waals surface area contributed by atoms with Gasteiger partial charge in [-0.3, -0.25) is 4.79 Å². The van der Waals surface area contributed by atoms with Crippen LogP contribution < -0.4 is 5.73 Å². The van der Waals surface area contributed by atoms with E-state index in [1.54, 1.807) is 0 Å². The molecule has 0 aromatic carbocycles. The van der Waals surface area contributed by atoms with Crippen LogP contribution in [-0.2, 0) is 4.79 Å². The molecule has 3 saturated heterocycles. The third-order valence-electron chi connectivity index (χ3n) is 6.80. The first kappa shape index (κ1) is 16.4. The van der Waals surface area contributed by atoms with E-state index in [4.69, 9.17) is 5.73 Å². The third kappa shape index (κ3) is 2.84. The Balaban J connectivity index is 1.79. The van der Waals surface area contributed by atoms with Gasteiger partial charge in [-0.25, -0.2) is 0 Å². The van der Waals surface area contributed by atoms with Crippen LogP contribution in [0.5, 0.6) is 0 Å². The Hall–Kier alpha value is -0.505. The van der Waals surface area contributed by atoms with Crippen LogP contribution in [0.4, 0.5) is 0 Å². The quantitative estimate of drug-likeness (QED) is 0.797. The molecule has 2 N–H and O–H groups in total. The van der Waals surface area contributed by atoms with Crippen molar-refractivity contribution in [1.29, 1.82) is 0 Å². The third-order valence-corrected chi connectivity index (χ3v) is 6.80. The fraction of sp³-hybridized carbons (Fsp3) is 0.944. The van der Waals surface area contributed by atoms with Crippen molar-refractivity contribution in [2.45, 2.75) is 101 Å². The minimum Gasteiger partial charge on any atom is -0.337 e. The number of fused-ring (bicyclic) bond motifs is 3. The summed E-state index contributed by atoms with van der Waals surface area (Å²) < 4.78 is 0. The standard InChI is InChI=1S/C18H33BN2O/c1-4-17-10-6-5-7-15-14(11-18(20,12-17)19-17)8-9-16(22)21(15)13(2)3/h13-15,19H,4-12,20H2,1-3H3. The molecule has 3 aliphatic heterocycles. The van der Waals surface area contributed by atoms with Crippen LogP contribution in [-0.4, -0.2) is 35.6 Å². The number of rotatable bonds is 2. The molecule has 0 aromatic heterocycles. The molecule has 4 heteroatoms. The van der Waals surface area contributed by atoms with Crippen LogP contribution in [0.15, 0.2) is 0 Å². The summed E-state index contributed by atoms with van der Waals surface area (Å²) in [6, 6.07) is 0.768. The molecule has 0 aromatic rings. The summed E-state index contributed by atoms with van der Waals surface area (Å²) in [6.45, 7) is 6.68. The number of amides is 1. The van der Waals surface area contributed by atoms with E-state index < -0.39 is 0 Å². The van der Waals surface area contributed by atoms with Crippen LogP contribution in [0.3, 0.4) is 0 Å². The first-order valence-electron chi connectivity index (χ1n) is 9.48. The number of nitrogens with two attached hydrogens (primary N) is 1. The number of nitrogens with zero attached hydrogens (tertiary/aromatic N) is 1. The second-order valence-corrected chi connectivity index (χ2v) is 8.78. The molecule has 1 saturated carbocycles. The number of hydrogen-bond donors (Lipinski definition) is 1. The predicted molar refractivity (Wildman–Crippen MR) is 93.2 cm³/mol. The Morgan fingerprint density at radius 1 is 1.36 bits per heavy atom. The van der Waals surface area contributed by atoms with Gasteiger partial charge < -0.3 is 10.6 Å². The van der Waals surface area contributed by atoms with Crippen molar-refractivity contribution in [3.05, 3.63) is 0 Å². The highest BCUT2D eigenvalue weighted by atomic mass is 16.2. The maximum absolute atomic E-state index is 12.4. The molecule has 22 heavy (non-hydrogen) atoms. The molecule has 2 bridgehead atoms. The molecule has 0 spiro atoms. The zero-order valence-electron chi connectivity index (χ0n) is 14.7. The molecular weight excluding hydrogens is 271 g/mol. The summed E-state index contributed by atoms with van der Waals surface area (Å²) in [5.74, 6) is 0.994. The minimum atomic E-state index is 0.0549. The van der Waals surface area contributed by atoms with Crippen molar-refractivity contribution >= 4 is 13.2 Å². The van der Waals surface area contributed by atoms with Gasteiger partial charge in [-0.15, -0.1) is 0 Å². The maximum atomic E-state index is 12.4. The summed E-state index contributed by atoms with van der Waals surface area (Å²) in [5.41, 5.74) is 6.81. The van der Waals surface area contributed by atoms with Crippen molar-refractivity contribution in [1.82, 2.24) is 4.90 Å². The highest BCUT2D eigenvalue weighted by Gasteiger charge is 2.54. The summed E-state index contributed by atoms with van der Waals surface area (Å²) in [7, 11) is 1.22. The van der Waals surface area contributed by atoms with Crippen LogP contribution in [0.2, 0.25) is 5.31 Å². The van der Waals surface area contributed by atoms with Crippen molar-refractivity contribution in [3.8, 4) is 0 Å². The number of carbonyl (C=O) groups is 1. The van der Waals surface area contributed by atoms with Crippen molar-refractivity contribution < 1.29 is 4.79 Å². The molecular formula is C18H33BN2O. The van der Waals surface area contributed by atoms with E-state index >= 15 is 0 Å². The summed E-state index contributed by atoms with van der Waals surface area (Å²) in [4.78, 5) is 14.6. The van der Waals surface area contributed by atoms with E-state index in [-0.39, 0.29) is 5.44 Å². The van der Waals surface area contributed by atoms with Crippen LogP contribution >= 0.6 is 0 Å². The van der Waals surface area contributed by atoms with E-state index in [9.17, 15) is 4.79 Å². The van der Waals surface area contributed by atoms with Crippen LogP contribution in [0.1, 0.15) is 78.6 Å². The number of hydrogen-bond acceptors (Lipinski definition) is 2. The summed E-state index contributed by atoms with van der Waals surface area (Å²) in [5, 5.41) is 0.545. The second-order valence-electron chi connectivity index (χ2n) is 8.78. The highest BCUT2D eigenvalue weighted by Crippen LogP contribution is 2.56. The van der Waals surface area contributed by atoms with Crippen molar-refractivity contribution in [2.75, 3.05) is 0 Å². The second kappa shape index (κ2) is 5.85. The Morgan fingerprint density at radius 2 is 2.09 bits per heavy atom. The van der Waals surface area contributed by atoms with E-state index in [2.05, 4.69) is 25.7 Å². The zero-order chi connectivity index (χ0) is 16.0. The van der Waals surface area contributed by atoms with Gasteiger partial charge in [-0.05, 0) is 50.9 Å². The molecule has 124 valence electrons. The minimum absolute atomic E-state index is 0.0549. The molecule has 4 aliphatic rings. The normalized spacial score (nSPS) is 42.4. The molecule has 1 amide bonds. The number of likely N-dealkylation sites (tertiary alicyclic amines) is 1. The van der Waals surface area contributed by atoms with Crippen LogP contribution in [0, 0.1) is 5.92 Å². The molecule has 4 atom stereocenters. The van der Waals surface area contributed by atoms with Gasteiger partial charge in [0.1, 0.15) is 0 Å². The Labute approximate surface area is 136 Å².